The fourth-order valence-corrected chi connectivity index (χ4v) is 4.06. The standard InChI is InChI=1S/C22H16F3NO7S/c1-32-20(28)12-3-6-16(7-4-12)34(30,31)26-19(27)14-9-13-10-15(22(23,24)25)5-8-17(13)18(11-14)21(29)33-2/h3-11H,1-2H3,(H,26,27). The third-order valence-electron chi connectivity index (χ3n) is 4.76. The largest absolute Gasteiger partial charge is 0.465 e. The molecule has 0 aliphatic rings. The predicted molar refractivity (Wildman–Crippen MR) is 113 cm³/mol. The van der Waals surface area contributed by atoms with Crippen molar-refractivity contribution in [2.45, 2.75) is 11.1 Å². The summed E-state index contributed by atoms with van der Waals surface area (Å²) in [5.74, 6) is -2.82. The molecule has 3 aromatic rings. The first kappa shape index (κ1) is 24.7. The Morgan fingerprint density at radius 1 is 0.824 bits per heavy atom. The van der Waals surface area contributed by atoms with Gasteiger partial charge in [-0.2, -0.15) is 13.2 Å². The molecule has 0 aromatic heterocycles. The van der Waals surface area contributed by atoms with Gasteiger partial charge in [-0.3, -0.25) is 4.79 Å². The molecule has 0 heterocycles. The highest BCUT2D eigenvalue weighted by molar-refractivity contribution is 7.90. The second-order valence-electron chi connectivity index (χ2n) is 6.90. The minimum atomic E-state index is -4.68. The SMILES string of the molecule is COC(=O)c1ccc(S(=O)(=O)NC(=O)c2cc(C(=O)OC)c3ccc(C(F)(F)F)cc3c2)cc1. The number of nitrogens with one attached hydrogen (secondary N) is 1. The molecule has 178 valence electrons. The molecule has 3 rings (SSSR count). The van der Waals surface area contributed by atoms with E-state index in [9.17, 15) is 36.0 Å². The van der Waals surface area contributed by atoms with E-state index in [1.807, 2.05) is 0 Å². The number of carbonyl (C=O) groups is 3. The van der Waals surface area contributed by atoms with Crippen molar-refractivity contribution in [3.8, 4) is 0 Å². The second kappa shape index (κ2) is 9.14. The lowest BCUT2D eigenvalue weighted by atomic mass is 9.98. The van der Waals surface area contributed by atoms with Gasteiger partial charge in [0.25, 0.3) is 15.9 Å². The Bertz CT molecular complexity index is 1400. The molecular formula is C22H16F3NO7S. The van der Waals surface area contributed by atoms with Crippen LogP contribution in [0.25, 0.3) is 10.8 Å². The van der Waals surface area contributed by atoms with E-state index in [-0.39, 0.29) is 32.4 Å². The summed E-state index contributed by atoms with van der Waals surface area (Å²) in [5.41, 5.74) is -1.56. The minimum Gasteiger partial charge on any atom is -0.465 e. The van der Waals surface area contributed by atoms with E-state index in [1.165, 1.54) is 12.1 Å². The van der Waals surface area contributed by atoms with Gasteiger partial charge in [-0.15, -0.1) is 0 Å². The van der Waals surface area contributed by atoms with Crippen molar-refractivity contribution in [2.75, 3.05) is 14.2 Å². The van der Waals surface area contributed by atoms with Gasteiger partial charge in [0.1, 0.15) is 0 Å². The van der Waals surface area contributed by atoms with E-state index in [2.05, 4.69) is 9.47 Å². The van der Waals surface area contributed by atoms with Crippen LogP contribution in [0.4, 0.5) is 13.2 Å². The average molecular weight is 495 g/mol. The molecule has 1 amide bonds. The van der Waals surface area contributed by atoms with E-state index in [0.717, 1.165) is 56.7 Å². The maximum atomic E-state index is 13.1. The number of hydrogen-bond donors (Lipinski definition) is 1. The number of ether oxygens (including phenoxy) is 2. The molecule has 0 bridgehead atoms. The van der Waals surface area contributed by atoms with Crippen LogP contribution in [0.5, 0.6) is 0 Å². The van der Waals surface area contributed by atoms with Crippen LogP contribution in [0.3, 0.4) is 0 Å². The summed E-state index contributed by atoms with van der Waals surface area (Å²) in [6, 6.07) is 9.11. The molecule has 0 fully saturated rings. The van der Waals surface area contributed by atoms with Crippen molar-refractivity contribution in [1.29, 1.82) is 0 Å². The number of esters is 2. The number of carbonyl (C=O) groups excluding carboxylic acids is 3. The van der Waals surface area contributed by atoms with Crippen LogP contribution in [0.1, 0.15) is 36.6 Å². The highest BCUT2D eigenvalue weighted by atomic mass is 32.2. The minimum absolute atomic E-state index is 0.0745. The van der Waals surface area contributed by atoms with Crippen molar-refractivity contribution < 1.29 is 45.4 Å². The normalized spacial score (nSPS) is 11.7. The van der Waals surface area contributed by atoms with Crippen molar-refractivity contribution in [1.82, 2.24) is 4.72 Å². The summed E-state index contributed by atoms with van der Waals surface area (Å²) in [6.07, 6.45) is -4.68. The molecule has 0 saturated carbocycles. The molecule has 0 saturated heterocycles. The number of methoxy groups -OCH3 is 2. The molecule has 12 heteroatoms. The van der Waals surface area contributed by atoms with E-state index in [1.54, 1.807) is 4.72 Å². The third-order valence-corrected chi connectivity index (χ3v) is 6.11. The van der Waals surface area contributed by atoms with E-state index >= 15 is 0 Å². The first-order valence-electron chi connectivity index (χ1n) is 9.36. The lowest BCUT2D eigenvalue weighted by molar-refractivity contribution is -0.137. The fraction of sp³-hybridized carbons (Fsp3) is 0.136. The monoisotopic (exact) mass is 495 g/mol. The zero-order valence-corrected chi connectivity index (χ0v) is 18.4. The van der Waals surface area contributed by atoms with E-state index in [4.69, 9.17) is 0 Å². The van der Waals surface area contributed by atoms with Gasteiger partial charge >= 0.3 is 18.1 Å². The number of hydrogen-bond acceptors (Lipinski definition) is 7. The van der Waals surface area contributed by atoms with Gasteiger partial charge in [-0.25, -0.2) is 22.7 Å². The van der Waals surface area contributed by atoms with E-state index < -0.39 is 39.6 Å². The first-order chi connectivity index (χ1) is 15.9. The van der Waals surface area contributed by atoms with Crippen molar-refractivity contribution >= 4 is 38.6 Å². The number of halogens is 3. The number of sulfonamides is 1. The molecule has 0 spiro atoms. The van der Waals surface area contributed by atoms with Gasteiger partial charge in [0.2, 0.25) is 0 Å². The smallest absolute Gasteiger partial charge is 0.416 e. The lowest BCUT2D eigenvalue weighted by Gasteiger charge is -2.12. The Morgan fingerprint density at radius 2 is 1.44 bits per heavy atom. The number of fused-ring (bicyclic) bond motifs is 1. The van der Waals surface area contributed by atoms with Gasteiger partial charge in [0.05, 0.1) is 35.8 Å². The highest BCUT2D eigenvalue weighted by Gasteiger charge is 2.31. The van der Waals surface area contributed by atoms with Crippen molar-refractivity contribution in [2.24, 2.45) is 0 Å². The fourth-order valence-electron chi connectivity index (χ4n) is 3.08. The van der Waals surface area contributed by atoms with Gasteiger partial charge in [-0.1, -0.05) is 6.07 Å². The average Bonchev–Trinajstić information content (AvgIpc) is 2.81. The number of rotatable bonds is 5. The van der Waals surface area contributed by atoms with E-state index in [0.29, 0.717) is 0 Å². The Labute approximate surface area is 191 Å². The van der Waals surface area contributed by atoms with Crippen LogP contribution in [0.15, 0.2) is 59.5 Å². The molecule has 0 radical (unpaired) electrons. The van der Waals surface area contributed by atoms with Crippen molar-refractivity contribution in [3.05, 3.63) is 76.9 Å². The van der Waals surface area contributed by atoms with Crippen LogP contribution in [-0.2, 0) is 25.7 Å². The summed E-state index contributed by atoms with van der Waals surface area (Å²) >= 11 is 0. The number of alkyl halides is 3. The molecule has 0 aliphatic heterocycles. The van der Waals surface area contributed by atoms with Gasteiger partial charge in [-0.05, 0) is 59.3 Å². The summed E-state index contributed by atoms with van der Waals surface area (Å²) in [5, 5.41) is -0.0413. The topological polar surface area (TPSA) is 116 Å². The molecule has 34 heavy (non-hydrogen) atoms. The van der Waals surface area contributed by atoms with Crippen LogP contribution in [-0.4, -0.2) is 40.5 Å². The number of amides is 1. The summed E-state index contributed by atoms with van der Waals surface area (Å²) in [4.78, 5) is 36.0. The zero-order chi connectivity index (χ0) is 25.3. The number of benzene rings is 3. The molecule has 0 atom stereocenters. The Kier molecular flexibility index (Phi) is 6.64. The van der Waals surface area contributed by atoms with Crippen LogP contribution in [0.2, 0.25) is 0 Å². The Morgan fingerprint density at radius 3 is 2.00 bits per heavy atom. The molecule has 1 N–H and O–H groups in total. The summed E-state index contributed by atoms with van der Waals surface area (Å²) in [7, 11) is -2.23. The predicted octanol–water partition coefficient (Wildman–Crippen LogP) is 3.55. The summed E-state index contributed by atoms with van der Waals surface area (Å²) < 4.78 is 75.5. The maximum absolute atomic E-state index is 13.1. The van der Waals surface area contributed by atoms with Crippen LogP contribution < -0.4 is 4.72 Å². The van der Waals surface area contributed by atoms with Gasteiger partial charge in [0, 0.05) is 5.56 Å². The Hall–Kier alpha value is -3.93. The zero-order valence-electron chi connectivity index (χ0n) is 17.6. The molecule has 0 unspecified atom stereocenters. The molecule has 8 nitrogen and oxygen atoms in total. The maximum Gasteiger partial charge on any atom is 0.416 e. The van der Waals surface area contributed by atoms with Crippen LogP contribution in [0, 0.1) is 0 Å². The third kappa shape index (κ3) is 5.01. The van der Waals surface area contributed by atoms with Crippen LogP contribution >= 0.6 is 0 Å². The highest BCUT2D eigenvalue weighted by Crippen LogP contribution is 2.33. The molecular weight excluding hydrogens is 479 g/mol. The molecule has 0 aliphatic carbocycles. The second-order valence-corrected chi connectivity index (χ2v) is 8.58. The molecule has 3 aromatic carbocycles. The first-order valence-corrected chi connectivity index (χ1v) is 10.8. The Balaban J connectivity index is 2.02. The lowest BCUT2D eigenvalue weighted by Crippen LogP contribution is -2.30. The van der Waals surface area contributed by atoms with Crippen molar-refractivity contribution in [3.63, 3.8) is 0 Å². The van der Waals surface area contributed by atoms with Gasteiger partial charge in [0.15, 0.2) is 0 Å². The van der Waals surface area contributed by atoms with Gasteiger partial charge < -0.3 is 9.47 Å². The quantitative estimate of drug-likeness (QED) is 0.538. The summed E-state index contributed by atoms with van der Waals surface area (Å²) in [6.45, 7) is 0.